The molecule has 0 saturated heterocycles. The maximum absolute atomic E-state index is 14.6. The number of ketones is 1. The summed E-state index contributed by atoms with van der Waals surface area (Å²) in [7, 11) is -2.96. The van der Waals surface area contributed by atoms with E-state index in [9.17, 15) is 19.2 Å². The van der Waals surface area contributed by atoms with Gasteiger partial charge in [0.05, 0.1) is 25.5 Å². The molecule has 1 aliphatic heterocycles. The van der Waals surface area contributed by atoms with Crippen LogP contribution in [0.15, 0.2) is 72.8 Å². The molecule has 0 fully saturated rings. The highest BCUT2D eigenvalue weighted by Crippen LogP contribution is 2.37. The fraction of sp³-hybridized carbons (Fsp3) is 0.488. The van der Waals surface area contributed by atoms with Gasteiger partial charge in [-0.05, 0) is 70.3 Å². The predicted molar refractivity (Wildman–Crippen MR) is 206 cm³/mol. The molecule has 1 atom stereocenters. The first kappa shape index (κ1) is 41.2. The van der Waals surface area contributed by atoms with Gasteiger partial charge in [0.1, 0.15) is 22.8 Å². The van der Waals surface area contributed by atoms with E-state index in [4.69, 9.17) is 18.6 Å². The van der Waals surface area contributed by atoms with Crippen LogP contribution in [0.3, 0.4) is 0 Å². The van der Waals surface area contributed by atoms with E-state index in [-0.39, 0.29) is 49.9 Å². The van der Waals surface area contributed by atoms with Crippen LogP contribution in [-0.4, -0.2) is 77.9 Å². The zero-order valence-electron chi connectivity index (χ0n) is 32.9. The first-order valence-electron chi connectivity index (χ1n) is 18.1. The number of aromatic nitrogens is 2. The van der Waals surface area contributed by atoms with Crippen molar-refractivity contribution in [2.75, 3.05) is 19.8 Å². The van der Waals surface area contributed by atoms with Crippen LogP contribution in [0.2, 0.25) is 5.04 Å². The fourth-order valence-corrected chi connectivity index (χ4v) is 11.1. The Morgan fingerprint density at radius 3 is 1.85 bits per heavy atom. The highest BCUT2D eigenvalue weighted by molar-refractivity contribution is 6.99. The molecule has 1 unspecified atom stereocenters. The summed E-state index contributed by atoms with van der Waals surface area (Å²) in [5.74, 6) is -2.74. The van der Waals surface area contributed by atoms with Gasteiger partial charge in [0, 0.05) is 18.5 Å². The molecule has 11 nitrogen and oxygen atoms in total. The molecule has 4 rings (SSSR count). The van der Waals surface area contributed by atoms with Gasteiger partial charge in [-0.25, -0.2) is 9.59 Å². The van der Waals surface area contributed by atoms with E-state index >= 15 is 0 Å². The maximum atomic E-state index is 14.6. The van der Waals surface area contributed by atoms with Gasteiger partial charge in [-0.2, -0.15) is 9.78 Å². The van der Waals surface area contributed by atoms with Crippen molar-refractivity contribution in [3.63, 3.8) is 0 Å². The number of benzene rings is 2. The second-order valence-corrected chi connectivity index (χ2v) is 20.7. The smallest absolute Gasteiger partial charge is 0.435 e. The van der Waals surface area contributed by atoms with Crippen LogP contribution in [0.4, 0.5) is 9.59 Å². The summed E-state index contributed by atoms with van der Waals surface area (Å²) in [6, 6.07) is 20.3. The van der Waals surface area contributed by atoms with Crippen LogP contribution in [0, 0.1) is 5.92 Å². The Labute approximate surface area is 314 Å². The fourth-order valence-electron chi connectivity index (χ4n) is 6.57. The third-order valence-corrected chi connectivity index (χ3v) is 13.8. The summed E-state index contributed by atoms with van der Waals surface area (Å²) < 4.78 is 24.8. The Balaban J connectivity index is 1.72. The molecule has 0 N–H and O–H groups in total. The van der Waals surface area contributed by atoms with Gasteiger partial charge in [-0.15, -0.1) is 0 Å². The Kier molecular flexibility index (Phi) is 12.6. The summed E-state index contributed by atoms with van der Waals surface area (Å²) in [4.78, 5) is 56.1. The number of hydrogen-bond acceptors (Lipinski definition) is 9. The summed E-state index contributed by atoms with van der Waals surface area (Å²) in [5.41, 5.74) is -0.408. The SMILES string of the molecule is C=C(CO[Si](c1ccccc1)(c1ccccc1)C(C)(C)C)CC(C(=O)OCC)C(=O)c1nn(C(=O)OC(C)(C)C)c2c1CN(C(=O)OC(C)(C)C)CC2. The van der Waals surface area contributed by atoms with E-state index in [0.717, 1.165) is 15.1 Å². The van der Waals surface area contributed by atoms with Gasteiger partial charge in [0.15, 0.2) is 5.78 Å². The lowest BCUT2D eigenvalue weighted by molar-refractivity contribution is -0.146. The number of rotatable bonds is 11. The normalized spacial score (nSPS) is 14.2. The highest BCUT2D eigenvalue weighted by Gasteiger charge is 2.50. The van der Waals surface area contributed by atoms with Gasteiger partial charge in [0.25, 0.3) is 8.32 Å². The summed E-state index contributed by atoms with van der Waals surface area (Å²) in [6.07, 6.45) is -1.21. The lowest BCUT2D eigenvalue weighted by atomic mass is 9.91. The second-order valence-electron chi connectivity index (χ2n) is 16.4. The van der Waals surface area contributed by atoms with Crippen molar-refractivity contribution in [2.45, 2.75) is 105 Å². The number of fused-ring (bicyclic) bond motifs is 1. The zero-order chi connectivity index (χ0) is 39.4. The van der Waals surface area contributed by atoms with Crippen molar-refractivity contribution in [2.24, 2.45) is 5.92 Å². The van der Waals surface area contributed by atoms with E-state index in [1.165, 1.54) is 4.90 Å². The molecule has 0 spiro atoms. The Morgan fingerprint density at radius 1 is 0.830 bits per heavy atom. The highest BCUT2D eigenvalue weighted by atomic mass is 28.4. The molecular weight excluding hydrogens is 691 g/mol. The molecule has 2 heterocycles. The minimum atomic E-state index is -2.96. The summed E-state index contributed by atoms with van der Waals surface area (Å²) >= 11 is 0. The van der Waals surface area contributed by atoms with Gasteiger partial charge >= 0.3 is 18.2 Å². The van der Waals surface area contributed by atoms with Crippen molar-refractivity contribution in [1.29, 1.82) is 0 Å². The molecule has 286 valence electrons. The van der Waals surface area contributed by atoms with E-state index in [1.807, 2.05) is 36.4 Å². The standard InChI is InChI=1S/C41H55N3O8Si/c1-12-49-36(46)31(25-28(2)27-50-53(41(9,10)11,29-19-15-13-16-20-29)30-21-17-14-18-22-30)35(45)34-32-26-43(37(47)51-39(3,4)5)24-23-33(32)44(42-34)38(48)52-40(6,7)8/h13-22,31H,2,12,23-27H2,1,3-11H3. The number of esters is 1. The van der Waals surface area contributed by atoms with E-state index in [1.54, 1.807) is 48.5 Å². The van der Waals surface area contributed by atoms with Crippen LogP contribution in [0.1, 0.15) is 97.4 Å². The number of nitrogens with zero attached hydrogens (tertiary/aromatic N) is 3. The molecule has 1 amide bonds. The number of amides is 1. The topological polar surface area (TPSA) is 126 Å². The van der Waals surface area contributed by atoms with Gasteiger partial charge in [0.2, 0.25) is 0 Å². The van der Waals surface area contributed by atoms with Crippen LogP contribution in [-0.2, 0) is 36.4 Å². The van der Waals surface area contributed by atoms with Crippen molar-refractivity contribution in [3.05, 3.63) is 89.8 Å². The van der Waals surface area contributed by atoms with E-state index in [2.05, 4.69) is 56.7 Å². The summed E-state index contributed by atoms with van der Waals surface area (Å²) in [5, 5.41) is 6.32. The van der Waals surface area contributed by atoms with Crippen LogP contribution < -0.4 is 10.4 Å². The number of carbonyl (C=O) groups is 4. The van der Waals surface area contributed by atoms with Crippen molar-refractivity contribution < 1.29 is 37.8 Å². The molecule has 1 aliphatic rings. The average molecular weight is 746 g/mol. The van der Waals surface area contributed by atoms with Gasteiger partial charge in [-0.3, -0.25) is 9.59 Å². The molecule has 0 bridgehead atoms. The monoisotopic (exact) mass is 745 g/mol. The lowest BCUT2D eigenvalue weighted by Gasteiger charge is -2.43. The average Bonchev–Trinajstić information content (AvgIpc) is 3.45. The molecular formula is C41H55N3O8Si. The molecule has 0 aliphatic carbocycles. The maximum Gasteiger partial charge on any atom is 0.435 e. The zero-order valence-corrected chi connectivity index (χ0v) is 33.9. The van der Waals surface area contributed by atoms with Crippen LogP contribution in [0.5, 0.6) is 0 Å². The molecule has 0 saturated carbocycles. The number of hydrogen-bond donors (Lipinski definition) is 0. The third kappa shape index (κ3) is 9.71. The van der Waals surface area contributed by atoms with E-state index in [0.29, 0.717) is 16.8 Å². The largest absolute Gasteiger partial charge is 0.465 e. The predicted octanol–water partition coefficient (Wildman–Crippen LogP) is 6.84. The number of ether oxygens (including phenoxy) is 3. The molecule has 0 radical (unpaired) electrons. The van der Waals surface area contributed by atoms with Crippen LogP contribution in [0.25, 0.3) is 0 Å². The van der Waals surface area contributed by atoms with Crippen molar-refractivity contribution in [1.82, 2.24) is 14.7 Å². The quantitative estimate of drug-likeness (QED) is 0.0518. The molecule has 12 heteroatoms. The first-order valence-corrected chi connectivity index (χ1v) is 20.0. The minimum absolute atomic E-state index is 0.0462. The molecule has 53 heavy (non-hydrogen) atoms. The lowest BCUT2D eigenvalue weighted by Crippen LogP contribution is -2.66. The minimum Gasteiger partial charge on any atom is -0.465 e. The van der Waals surface area contributed by atoms with Gasteiger partial charge in [-0.1, -0.05) is 93.6 Å². The van der Waals surface area contributed by atoms with Crippen LogP contribution >= 0.6 is 0 Å². The Bertz CT molecular complexity index is 1760. The van der Waals surface area contributed by atoms with Crippen molar-refractivity contribution >= 4 is 42.6 Å². The number of Topliss-reactive ketones (excluding diaryl/α,β-unsaturated/α-hetero) is 1. The molecule has 1 aromatic heterocycles. The Hall–Kier alpha value is -4.55. The summed E-state index contributed by atoms with van der Waals surface area (Å²) in [6.45, 7) is 23.2. The Morgan fingerprint density at radius 2 is 1.36 bits per heavy atom. The molecule has 3 aromatic rings. The second kappa shape index (κ2) is 16.2. The van der Waals surface area contributed by atoms with Gasteiger partial charge < -0.3 is 23.5 Å². The third-order valence-electron chi connectivity index (χ3n) is 8.80. The van der Waals surface area contributed by atoms with E-state index < -0.39 is 49.4 Å². The molecule has 2 aromatic carbocycles. The number of carbonyl (C=O) groups excluding carboxylic acids is 4. The first-order chi connectivity index (χ1) is 24.7. The van der Waals surface area contributed by atoms with Crippen molar-refractivity contribution in [3.8, 4) is 0 Å².